The fraction of sp³-hybridized carbons (Fsp3) is 0.392. The average molecular weight is 866 g/mol. The van der Waals surface area contributed by atoms with Gasteiger partial charge < -0.3 is 24.7 Å². The number of halogens is 1. The molecule has 0 bridgehead atoms. The Balaban J connectivity index is 0.782. The zero-order chi connectivity index (χ0) is 43.6. The van der Waals surface area contributed by atoms with E-state index < -0.39 is 5.60 Å². The van der Waals surface area contributed by atoms with Crippen molar-refractivity contribution in [2.24, 2.45) is 4.99 Å². The SMILES string of the molecule is COc1cc([C@H]2c3ccc(O)cc3CC[C@H]2c2ccc(F)cc2)ccc1N1CCN(CC2(O)CCN(c3ccc(C4=N[C@@H](C)c5nnc(C)n5-c5sc(C)c(C)c54)cc3)CC2)CC1. The monoisotopic (exact) mass is 865 g/mol. The zero-order valence-corrected chi connectivity index (χ0v) is 37.6. The zero-order valence-electron chi connectivity index (χ0n) is 36.8. The Hall–Kier alpha value is -5.56. The summed E-state index contributed by atoms with van der Waals surface area (Å²) in [5.41, 5.74) is 10.6. The van der Waals surface area contributed by atoms with E-state index >= 15 is 0 Å². The fourth-order valence-electron chi connectivity index (χ4n) is 10.6. The second-order valence-corrected chi connectivity index (χ2v) is 19.3. The lowest BCUT2D eigenvalue weighted by atomic mass is 9.69. The predicted octanol–water partition coefficient (Wildman–Crippen LogP) is 9.03. The molecule has 0 unspecified atom stereocenters. The maximum Gasteiger partial charge on any atom is 0.162 e. The first-order chi connectivity index (χ1) is 30.5. The summed E-state index contributed by atoms with van der Waals surface area (Å²) in [6.07, 6.45) is 3.18. The van der Waals surface area contributed by atoms with Gasteiger partial charge >= 0.3 is 0 Å². The van der Waals surface area contributed by atoms with Crippen LogP contribution in [-0.4, -0.2) is 94.1 Å². The molecular formula is C51H56FN7O3S. The highest BCUT2D eigenvalue weighted by molar-refractivity contribution is 7.15. The van der Waals surface area contributed by atoms with Crippen LogP contribution in [0.4, 0.5) is 15.8 Å². The number of phenolic OH excluding ortho intramolecular Hbond substituents is 1. The minimum Gasteiger partial charge on any atom is -0.508 e. The van der Waals surface area contributed by atoms with Crippen molar-refractivity contribution in [3.63, 3.8) is 0 Å². The second kappa shape index (κ2) is 16.5. The van der Waals surface area contributed by atoms with E-state index in [1.54, 1.807) is 36.6 Å². The minimum absolute atomic E-state index is 0.0369. The fourth-order valence-corrected chi connectivity index (χ4v) is 11.9. The molecule has 2 saturated heterocycles. The van der Waals surface area contributed by atoms with E-state index in [-0.39, 0.29) is 29.4 Å². The van der Waals surface area contributed by atoms with Crippen molar-refractivity contribution in [3.05, 3.63) is 146 Å². The molecule has 12 heteroatoms. The third kappa shape index (κ3) is 7.69. The lowest BCUT2D eigenvalue weighted by molar-refractivity contribution is -0.0173. The molecule has 0 radical (unpaired) electrons. The van der Waals surface area contributed by atoms with Crippen molar-refractivity contribution in [2.45, 2.75) is 76.9 Å². The number of aliphatic hydroxyl groups is 1. The van der Waals surface area contributed by atoms with E-state index in [1.165, 1.54) is 27.3 Å². The van der Waals surface area contributed by atoms with Crippen LogP contribution in [0, 0.1) is 26.6 Å². The summed E-state index contributed by atoms with van der Waals surface area (Å²) >= 11 is 1.78. The highest BCUT2D eigenvalue weighted by Gasteiger charge is 2.37. The molecule has 4 aliphatic rings. The number of thiophene rings is 1. The Morgan fingerprint density at radius 1 is 0.841 bits per heavy atom. The van der Waals surface area contributed by atoms with Crippen LogP contribution in [0.3, 0.4) is 0 Å². The first-order valence-electron chi connectivity index (χ1n) is 22.4. The Bertz CT molecular complexity index is 2680. The number of nitrogens with zero attached hydrogens (tertiary/aromatic N) is 7. The molecule has 0 amide bonds. The number of piperidine rings is 1. The van der Waals surface area contributed by atoms with Gasteiger partial charge in [0.1, 0.15) is 34.2 Å². The molecular weight excluding hydrogens is 810 g/mol. The number of benzene rings is 4. The summed E-state index contributed by atoms with van der Waals surface area (Å²) in [4.78, 5) is 13.7. The molecule has 326 valence electrons. The second-order valence-electron chi connectivity index (χ2n) is 18.1. The number of rotatable bonds is 8. The standard InChI is InChI=1S/C51H56FN7O3S/c1-31-33(3)63-50-46(31)48(53-32(2)49-55-54-34(4)59(49)50)36-8-14-40(15-9-36)57-22-20-51(61,21-23-57)30-56-24-26-58(27-25-56)44-19-11-38(29-45(44)62-5)47-42(35-6-12-39(52)13-7-35)17-10-37-28-41(60)16-18-43(37)47/h6-9,11-16,18-19,28-29,32,42,47,60-61H,10,17,20-27,30H2,1-5H3/t32-,42-,47+/m0/s1. The number of aromatic hydroxyl groups is 1. The van der Waals surface area contributed by atoms with Gasteiger partial charge in [0.25, 0.3) is 0 Å². The van der Waals surface area contributed by atoms with Crippen molar-refractivity contribution < 1.29 is 19.3 Å². The number of anilines is 2. The number of hydrogen-bond acceptors (Lipinski definition) is 10. The van der Waals surface area contributed by atoms with Gasteiger partial charge in [0.2, 0.25) is 0 Å². The van der Waals surface area contributed by atoms with Crippen LogP contribution >= 0.6 is 11.3 Å². The minimum atomic E-state index is -0.737. The summed E-state index contributed by atoms with van der Waals surface area (Å²) in [6.45, 7) is 14.1. The molecule has 3 aliphatic heterocycles. The molecule has 2 aromatic heterocycles. The van der Waals surface area contributed by atoms with Gasteiger partial charge in [-0.2, -0.15) is 0 Å². The number of β-amino-alcohol motifs (C(OH)–C–C–N with tert-alkyl or cyclic N) is 1. The van der Waals surface area contributed by atoms with Crippen LogP contribution in [0.1, 0.15) is 99.5 Å². The number of ether oxygens (including phenoxy) is 1. The van der Waals surface area contributed by atoms with Crippen LogP contribution in [0.2, 0.25) is 0 Å². The van der Waals surface area contributed by atoms with Crippen LogP contribution in [-0.2, 0) is 6.42 Å². The largest absolute Gasteiger partial charge is 0.508 e. The molecule has 4 aromatic carbocycles. The molecule has 63 heavy (non-hydrogen) atoms. The first-order valence-corrected chi connectivity index (χ1v) is 23.2. The van der Waals surface area contributed by atoms with E-state index in [0.29, 0.717) is 19.4 Å². The number of aliphatic imine (C=N–C) groups is 1. The van der Waals surface area contributed by atoms with Gasteiger partial charge in [0, 0.05) is 73.4 Å². The molecule has 2 N–H and O–H groups in total. The maximum absolute atomic E-state index is 14.0. The maximum atomic E-state index is 14.0. The first kappa shape index (κ1) is 41.5. The van der Waals surface area contributed by atoms with Gasteiger partial charge in [-0.25, -0.2) is 4.39 Å². The van der Waals surface area contributed by atoms with Crippen molar-refractivity contribution in [1.82, 2.24) is 19.7 Å². The normalized spacial score (nSPS) is 21.0. The molecule has 2 fully saturated rings. The van der Waals surface area contributed by atoms with E-state index in [1.807, 2.05) is 31.2 Å². The Morgan fingerprint density at radius 2 is 1.57 bits per heavy atom. The highest BCUT2D eigenvalue weighted by Crippen LogP contribution is 2.49. The van der Waals surface area contributed by atoms with Gasteiger partial charge in [0.05, 0.1) is 24.1 Å². The third-order valence-electron chi connectivity index (χ3n) is 14.2. The number of phenols is 1. The van der Waals surface area contributed by atoms with E-state index in [9.17, 15) is 14.6 Å². The van der Waals surface area contributed by atoms with Gasteiger partial charge in [-0.1, -0.05) is 36.4 Å². The Kier molecular flexibility index (Phi) is 10.9. The van der Waals surface area contributed by atoms with Gasteiger partial charge in [0.15, 0.2) is 5.82 Å². The molecule has 5 heterocycles. The van der Waals surface area contributed by atoms with Crippen molar-refractivity contribution in [1.29, 1.82) is 0 Å². The number of methoxy groups -OCH3 is 1. The Morgan fingerprint density at radius 3 is 2.30 bits per heavy atom. The molecule has 6 aromatic rings. The van der Waals surface area contributed by atoms with Crippen LogP contribution in [0.25, 0.3) is 5.00 Å². The molecule has 1 aliphatic carbocycles. The molecule has 10 rings (SSSR count). The number of piperazine rings is 1. The highest BCUT2D eigenvalue weighted by atomic mass is 32.1. The van der Waals surface area contributed by atoms with Crippen molar-refractivity contribution >= 4 is 28.4 Å². The quantitative estimate of drug-likeness (QED) is 0.156. The number of aryl methyl sites for hydroxylation is 3. The van der Waals surface area contributed by atoms with E-state index in [0.717, 1.165) is 108 Å². The number of hydrogen-bond donors (Lipinski definition) is 2. The summed E-state index contributed by atoms with van der Waals surface area (Å²) in [5.74, 6) is 2.84. The number of aromatic nitrogens is 3. The molecule has 10 nitrogen and oxygen atoms in total. The summed E-state index contributed by atoms with van der Waals surface area (Å²) in [7, 11) is 1.74. The topological polar surface area (TPSA) is 102 Å². The molecule has 0 spiro atoms. The van der Waals surface area contributed by atoms with Crippen molar-refractivity contribution in [2.75, 3.05) is 62.7 Å². The molecule has 3 atom stereocenters. The van der Waals surface area contributed by atoms with Gasteiger partial charge in [-0.15, -0.1) is 21.5 Å². The third-order valence-corrected chi connectivity index (χ3v) is 15.4. The summed E-state index contributed by atoms with van der Waals surface area (Å²) in [6, 6.07) is 27.9. The van der Waals surface area contributed by atoms with Crippen LogP contribution in [0.5, 0.6) is 11.5 Å². The lowest BCUT2D eigenvalue weighted by Crippen LogP contribution is -2.55. The average Bonchev–Trinajstić information content (AvgIpc) is 3.78. The molecule has 0 saturated carbocycles. The van der Waals surface area contributed by atoms with Crippen LogP contribution in [0.15, 0.2) is 89.9 Å². The van der Waals surface area contributed by atoms with Gasteiger partial charge in [-0.05, 0) is 136 Å². The summed E-state index contributed by atoms with van der Waals surface area (Å²) < 4.78 is 22.2. The van der Waals surface area contributed by atoms with Crippen molar-refractivity contribution in [3.8, 4) is 16.5 Å². The Labute approximate surface area is 373 Å². The predicted molar refractivity (Wildman–Crippen MR) is 249 cm³/mol. The lowest BCUT2D eigenvalue weighted by Gasteiger charge is -2.44. The van der Waals surface area contributed by atoms with E-state index in [4.69, 9.17) is 9.73 Å². The van der Waals surface area contributed by atoms with Crippen LogP contribution < -0.4 is 14.5 Å². The smallest absolute Gasteiger partial charge is 0.162 e. The van der Waals surface area contributed by atoms with Gasteiger partial charge in [-0.3, -0.25) is 14.5 Å². The number of fused-ring (bicyclic) bond motifs is 4. The summed E-state index contributed by atoms with van der Waals surface area (Å²) in [5, 5.41) is 32.3. The van der Waals surface area contributed by atoms with E-state index in [2.05, 4.69) is 92.7 Å².